The van der Waals surface area contributed by atoms with E-state index in [2.05, 4.69) is 25.3 Å². The predicted octanol–water partition coefficient (Wildman–Crippen LogP) is 3.43. The van der Waals surface area contributed by atoms with Gasteiger partial charge in [0.15, 0.2) is 0 Å². The predicted molar refractivity (Wildman–Crippen MR) is 124 cm³/mol. The third kappa shape index (κ3) is 4.92. The van der Waals surface area contributed by atoms with Crippen LogP contribution in [0.3, 0.4) is 0 Å². The quantitative estimate of drug-likeness (QED) is 0.432. The molecule has 34 heavy (non-hydrogen) atoms. The summed E-state index contributed by atoms with van der Waals surface area (Å²) in [6, 6.07) is 10.9. The Bertz CT molecular complexity index is 1320. The average Bonchev–Trinajstić information content (AvgIpc) is 3.48. The standard InChI is InChI=1S/C22H22F3N7OS/c23-22(24,25)15-3-1-4-17(11-15)31-8-6-30(7-9-31)14-16-12-19(33)32-21(27-16)28-20(29-32)26-13-18-5-2-10-34-18/h1-5,10-12H,6-9,13-14H2,(H2,26,27,28,29). The van der Waals surface area contributed by atoms with Crippen molar-refractivity contribution in [3.63, 3.8) is 0 Å². The first-order valence-electron chi connectivity index (χ1n) is 10.7. The largest absolute Gasteiger partial charge is 0.416 e. The lowest BCUT2D eigenvalue weighted by Gasteiger charge is -2.36. The molecule has 0 bridgehead atoms. The number of hydrogen-bond donors (Lipinski definition) is 2. The molecule has 4 aromatic rings. The Morgan fingerprint density at radius 3 is 2.62 bits per heavy atom. The number of nitrogens with zero attached hydrogens (tertiary/aromatic N) is 5. The molecule has 1 aliphatic heterocycles. The molecule has 3 aromatic heterocycles. The number of alkyl halides is 3. The zero-order valence-electron chi connectivity index (χ0n) is 18.0. The molecule has 0 atom stereocenters. The molecule has 0 aliphatic carbocycles. The van der Waals surface area contributed by atoms with Gasteiger partial charge in [0.05, 0.1) is 17.8 Å². The summed E-state index contributed by atoms with van der Waals surface area (Å²) in [6.07, 6.45) is -4.36. The molecule has 1 aromatic carbocycles. The van der Waals surface area contributed by atoms with Gasteiger partial charge in [-0.25, -0.2) is 4.98 Å². The topological polar surface area (TPSA) is 81.6 Å². The molecule has 0 saturated carbocycles. The molecular weight excluding hydrogens is 467 g/mol. The van der Waals surface area contributed by atoms with Crippen molar-refractivity contribution in [2.75, 3.05) is 36.4 Å². The lowest BCUT2D eigenvalue weighted by Crippen LogP contribution is -2.46. The smallest absolute Gasteiger partial charge is 0.369 e. The normalized spacial score (nSPS) is 15.2. The molecule has 1 aliphatic rings. The van der Waals surface area contributed by atoms with Crippen LogP contribution in [0.25, 0.3) is 5.78 Å². The van der Waals surface area contributed by atoms with E-state index in [0.717, 1.165) is 10.9 Å². The van der Waals surface area contributed by atoms with Crippen LogP contribution >= 0.6 is 11.3 Å². The van der Waals surface area contributed by atoms with E-state index < -0.39 is 11.7 Å². The van der Waals surface area contributed by atoms with E-state index in [1.807, 2.05) is 22.4 Å². The Labute approximate surface area is 196 Å². The van der Waals surface area contributed by atoms with Gasteiger partial charge in [-0.2, -0.15) is 22.7 Å². The Morgan fingerprint density at radius 2 is 1.88 bits per heavy atom. The number of aromatic nitrogens is 4. The molecule has 0 unspecified atom stereocenters. The number of aromatic amines is 1. The second-order valence-electron chi connectivity index (χ2n) is 8.04. The molecule has 12 heteroatoms. The van der Waals surface area contributed by atoms with Gasteiger partial charge >= 0.3 is 6.18 Å². The number of rotatable bonds is 6. The summed E-state index contributed by atoms with van der Waals surface area (Å²) in [5, 5.41) is 8.07. The fourth-order valence-electron chi connectivity index (χ4n) is 3.94. The maximum Gasteiger partial charge on any atom is 0.416 e. The molecule has 0 radical (unpaired) electrons. The summed E-state index contributed by atoms with van der Waals surface area (Å²) in [5.41, 5.74) is 0.271. The number of nitrogens with one attached hydrogen (secondary N) is 2. The van der Waals surface area contributed by atoms with Crippen LogP contribution in [0.15, 0.2) is 52.6 Å². The fourth-order valence-corrected chi connectivity index (χ4v) is 4.59. The van der Waals surface area contributed by atoms with E-state index in [4.69, 9.17) is 0 Å². The molecule has 0 amide bonds. The van der Waals surface area contributed by atoms with Crippen molar-refractivity contribution in [3.05, 3.63) is 74.3 Å². The zero-order valence-corrected chi connectivity index (χ0v) is 18.9. The Hall–Kier alpha value is -3.38. The lowest BCUT2D eigenvalue weighted by molar-refractivity contribution is -0.137. The number of benzene rings is 1. The van der Waals surface area contributed by atoms with Crippen LogP contribution in [-0.4, -0.2) is 50.7 Å². The van der Waals surface area contributed by atoms with E-state index in [9.17, 15) is 18.0 Å². The first-order chi connectivity index (χ1) is 16.3. The summed E-state index contributed by atoms with van der Waals surface area (Å²) >= 11 is 1.63. The molecule has 1 fully saturated rings. The fraction of sp³-hybridized carbons (Fsp3) is 0.318. The van der Waals surface area contributed by atoms with Gasteiger partial charge in [0.25, 0.3) is 11.3 Å². The van der Waals surface area contributed by atoms with Crippen molar-refractivity contribution in [3.8, 4) is 0 Å². The van der Waals surface area contributed by atoms with Crippen LogP contribution in [0.2, 0.25) is 0 Å². The number of thiophene rings is 1. The average molecular weight is 490 g/mol. The van der Waals surface area contributed by atoms with Crippen LogP contribution in [0.5, 0.6) is 0 Å². The van der Waals surface area contributed by atoms with E-state index in [1.165, 1.54) is 22.7 Å². The molecule has 0 spiro atoms. The van der Waals surface area contributed by atoms with Crippen molar-refractivity contribution in [2.24, 2.45) is 0 Å². The van der Waals surface area contributed by atoms with Crippen LogP contribution in [0.1, 0.15) is 16.1 Å². The summed E-state index contributed by atoms with van der Waals surface area (Å²) in [4.78, 5) is 26.7. The van der Waals surface area contributed by atoms with Crippen LogP contribution < -0.4 is 15.8 Å². The van der Waals surface area contributed by atoms with Crippen LogP contribution in [0, 0.1) is 0 Å². The Balaban J connectivity index is 1.22. The molecular formula is C22H22F3N7OS. The molecule has 4 heterocycles. The van der Waals surface area contributed by atoms with Crippen LogP contribution in [0.4, 0.5) is 24.8 Å². The SMILES string of the molecule is O=c1cc(CN2CCN(c3cccc(C(F)(F)F)c3)CC2)nc2nc(NCc3cccs3)[nH]n12. The Morgan fingerprint density at radius 1 is 1.06 bits per heavy atom. The lowest BCUT2D eigenvalue weighted by atomic mass is 10.1. The number of fused-ring (bicyclic) bond motifs is 1. The van der Waals surface area contributed by atoms with Crippen molar-refractivity contribution >= 4 is 28.8 Å². The minimum absolute atomic E-state index is 0.251. The second-order valence-corrected chi connectivity index (χ2v) is 9.07. The zero-order chi connectivity index (χ0) is 23.7. The molecule has 2 N–H and O–H groups in total. The minimum Gasteiger partial charge on any atom is -0.369 e. The summed E-state index contributed by atoms with van der Waals surface area (Å²) in [6.45, 7) is 3.52. The first kappa shape index (κ1) is 22.4. The first-order valence-corrected chi connectivity index (χ1v) is 11.6. The van der Waals surface area contributed by atoms with Gasteiger partial charge < -0.3 is 10.2 Å². The third-order valence-corrected chi connectivity index (χ3v) is 6.57. The number of piperazine rings is 1. The van der Waals surface area contributed by atoms with Gasteiger partial charge in [-0.1, -0.05) is 12.1 Å². The summed E-state index contributed by atoms with van der Waals surface area (Å²) < 4.78 is 40.4. The van der Waals surface area contributed by atoms with Gasteiger partial charge in [-0.15, -0.1) is 11.3 Å². The maximum absolute atomic E-state index is 13.0. The number of halogens is 3. The highest BCUT2D eigenvalue weighted by atomic mass is 32.1. The van der Waals surface area contributed by atoms with Gasteiger partial charge in [0, 0.05) is 49.4 Å². The van der Waals surface area contributed by atoms with Gasteiger partial charge in [-0.3, -0.25) is 14.8 Å². The van der Waals surface area contributed by atoms with Gasteiger partial charge in [0.2, 0.25) is 5.95 Å². The molecule has 5 rings (SSSR count). The second kappa shape index (κ2) is 9.11. The maximum atomic E-state index is 13.0. The molecule has 8 nitrogen and oxygen atoms in total. The number of H-pyrrole nitrogens is 1. The number of anilines is 2. The number of hydrogen-bond acceptors (Lipinski definition) is 7. The van der Waals surface area contributed by atoms with Crippen molar-refractivity contribution in [1.82, 2.24) is 24.5 Å². The molecule has 178 valence electrons. The van der Waals surface area contributed by atoms with Crippen LogP contribution in [-0.2, 0) is 19.3 Å². The highest BCUT2D eigenvalue weighted by molar-refractivity contribution is 7.09. The summed E-state index contributed by atoms with van der Waals surface area (Å²) in [7, 11) is 0. The monoisotopic (exact) mass is 489 g/mol. The van der Waals surface area contributed by atoms with Crippen molar-refractivity contribution < 1.29 is 13.2 Å². The van der Waals surface area contributed by atoms with E-state index >= 15 is 0 Å². The van der Waals surface area contributed by atoms with Gasteiger partial charge in [0.1, 0.15) is 0 Å². The van der Waals surface area contributed by atoms with E-state index in [1.54, 1.807) is 17.4 Å². The van der Waals surface area contributed by atoms with E-state index in [0.29, 0.717) is 62.4 Å². The van der Waals surface area contributed by atoms with Crippen molar-refractivity contribution in [1.29, 1.82) is 0 Å². The third-order valence-electron chi connectivity index (χ3n) is 5.69. The molecule has 1 saturated heterocycles. The van der Waals surface area contributed by atoms with E-state index in [-0.39, 0.29) is 5.56 Å². The minimum atomic E-state index is -4.36. The Kier molecular flexibility index (Phi) is 6.00. The summed E-state index contributed by atoms with van der Waals surface area (Å²) in [5.74, 6) is 0.753. The highest BCUT2D eigenvalue weighted by Gasteiger charge is 2.31. The van der Waals surface area contributed by atoms with Gasteiger partial charge in [-0.05, 0) is 29.6 Å². The van der Waals surface area contributed by atoms with Crippen molar-refractivity contribution in [2.45, 2.75) is 19.3 Å². The highest BCUT2D eigenvalue weighted by Crippen LogP contribution is 2.32.